The average Bonchev–Trinajstić information content (AvgIpc) is 2.69. The molecule has 18 heavy (non-hydrogen) atoms. The Balaban J connectivity index is 2.67. The molecule has 1 aromatic rings. The SMILES string of the molecule is CC(C)CS(=O)(=O)NCc1sccc1C#CCN. The van der Waals surface area contributed by atoms with E-state index in [0.29, 0.717) is 13.1 Å². The van der Waals surface area contributed by atoms with E-state index in [1.165, 1.54) is 11.3 Å². The van der Waals surface area contributed by atoms with Crippen LogP contribution in [-0.4, -0.2) is 20.7 Å². The number of hydrogen-bond donors (Lipinski definition) is 2. The highest BCUT2D eigenvalue weighted by Crippen LogP contribution is 2.15. The Morgan fingerprint density at radius 3 is 2.83 bits per heavy atom. The fraction of sp³-hybridized carbons (Fsp3) is 0.500. The fourth-order valence-electron chi connectivity index (χ4n) is 1.41. The van der Waals surface area contributed by atoms with Crippen LogP contribution in [0.1, 0.15) is 24.3 Å². The summed E-state index contributed by atoms with van der Waals surface area (Å²) in [6, 6.07) is 1.87. The molecular weight excluding hydrogens is 268 g/mol. The van der Waals surface area contributed by atoms with E-state index in [1.807, 2.05) is 25.3 Å². The van der Waals surface area contributed by atoms with Gasteiger partial charge in [0.2, 0.25) is 10.0 Å². The van der Waals surface area contributed by atoms with Crippen molar-refractivity contribution in [3.05, 3.63) is 21.9 Å². The molecule has 0 atom stereocenters. The van der Waals surface area contributed by atoms with E-state index in [-0.39, 0.29) is 11.7 Å². The Labute approximate surface area is 113 Å². The molecule has 0 saturated carbocycles. The quantitative estimate of drug-likeness (QED) is 0.797. The van der Waals surface area contributed by atoms with Crippen LogP contribution in [-0.2, 0) is 16.6 Å². The molecule has 0 spiro atoms. The van der Waals surface area contributed by atoms with Gasteiger partial charge in [-0.25, -0.2) is 13.1 Å². The maximum absolute atomic E-state index is 11.7. The number of sulfonamides is 1. The predicted octanol–water partition coefficient (Wildman–Crippen LogP) is 1.13. The van der Waals surface area contributed by atoms with Gasteiger partial charge < -0.3 is 5.73 Å². The van der Waals surface area contributed by atoms with Gasteiger partial charge in [-0.2, -0.15) is 0 Å². The van der Waals surface area contributed by atoms with Gasteiger partial charge in [-0.05, 0) is 17.4 Å². The van der Waals surface area contributed by atoms with Gasteiger partial charge >= 0.3 is 0 Å². The van der Waals surface area contributed by atoms with Crippen LogP contribution in [0.15, 0.2) is 11.4 Å². The lowest BCUT2D eigenvalue weighted by Crippen LogP contribution is -2.28. The van der Waals surface area contributed by atoms with Gasteiger partial charge in [0.05, 0.1) is 12.3 Å². The molecule has 0 aliphatic heterocycles. The molecule has 6 heteroatoms. The normalized spacial score (nSPS) is 11.3. The number of rotatable bonds is 5. The number of nitrogens with one attached hydrogen (secondary N) is 1. The van der Waals surface area contributed by atoms with Gasteiger partial charge in [0.1, 0.15) is 0 Å². The molecule has 1 aromatic heterocycles. The summed E-state index contributed by atoms with van der Waals surface area (Å²) in [6.45, 7) is 4.35. The Hall–Kier alpha value is -0.870. The summed E-state index contributed by atoms with van der Waals surface area (Å²) in [4.78, 5) is 0.920. The van der Waals surface area contributed by atoms with Gasteiger partial charge in [0.15, 0.2) is 0 Å². The van der Waals surface area contributed by atoms with Crippen LogP contribution in [0.5, 0.6) is 0 Å². The molecule has 0 saturated heterocycles. The van der Waals surface area contributed by atoms with Gasteiger partial charge in [-0.1, -0.05) is 25.7 Å². The molecule has 3 N–H and O–H groups in total. The largest absolute Gasteiger partial charge is 0.320 e. The zero-order chi connectivity index (χ0) is 13.6. The highest BCUT2D eigenvalue weighted by atomic mass is 32.2. The molecule has 0 unspecified atom stereocenters. The zero-order valence-corrected chi connectivity index (χ0v) is 12.2. The second kappa shape index (κ2) is 6.90. The third-order valence-corrected chi connectivity index (χ3v) is 4.69. The van der Waals surface area contributed by atoms with E-state index in [9.17, 15) is 8.42 Å². The van der Waals surface area contributed by atoms with Crippen molar-refractivity contribution < 1.29 is 8.42 Å². The van der Waals surface area contributed by atoms with Crippen LogP contribution in [0.3, 0.4) is 0 Å². The van der Waals surface area contributed by atoms with E-state index in [4.69, 9.17) is 5.73 Å². The summed E-state index contributed by atoms with van der Waals surface area (Å²) >= 11 is 1.49. The third-order valence-electron chi connectivity index (χ3n) is 2.08. The molecular formula is C12H18N2O2S2. The monoisotopic (exact) mass is 286 g/mol. The molecule has 0 aliphatic rings. The Kier molecular flexibility index (Phi) is 5.82. The van der Waals surface area contributed by atoms with Gasteiger partial charge in [-0.3, -0.25) is 0 Å². The summed E-state index contributed by atoms with van der Waals surface area (Å²) < 4.78 is 26.0. The molecule has 1 rings (SSSR count). The lowest BCUT2D eigenvalue weighted by atomic mass is 10.2. The lowest BCUT2D eigenvalue weighted by Gasteiger charge is -2.08. The van der Waals surface area contributed by atoms with Crippen molar-refractivity contribution in [2.45, 2.75) is 20.4 Å². The van der Waals surface area contributed by atoms with Crippen LogP contribution < -0.4 is 10.5 Å². The van der Waals surface area contributed by atoms with Crippen molar-refractivity contribution in [2.24, 2.45) is 11.7 Å². The predicted molar refractivity (Wildman–Crippen MR) is 75.7 cm³/mol. The Bertz CT molecular complexity index is 536. The molecule has 0 aromatic carbocycles. The molecule has 1 heterocycles. The average molecular weight is 286 g/mol. The number of hydrogen-bond acceptors (Lipinski definition) is 4. The smallest absolute Gasteiger partial charge is 0.212 e. The summed E-state index contributed by atoms with van der Waals surface area (Å²) in [6.07, 6.45) is 0. The minimum Gasteiger partial charge on any atom is -0.320 e. The highest BCUT2D eigenvalue weighted by Gasteiger charge is 2.13. The molecule has 0 amide bonds. The van der Waals surface area contributed by atoms with Crippen LogP contribution in [0.2, 0.25) is 0 Å². The van der Waals surface area contributed by atoms with E-state index < -0.39 is 10.0 Å². The maximum Gasteiger partial charge on any atom is 0.212 e. The molecule has 0 radical (unpaired) electrons. The molecule has 0 fully saturated rings. The lowest BCUT2D eigenvalue weighted by molar-refractivity contribution is 0.568. The highest BCUT2D eigenvalue weighted by molar-refractivity contribution is 7.89. The zero-order valence-electron chi connectivity index (χ0n) is 10.6. The summed E-state index contributed by atoms with van der Waals surface area (Å²) in [7, 11) is -3.21. The van der Waals surface area contributed by atoms with Gasteiger partial charge in [0, 0.05) is 17.0 Å². The summed E-state index contributed by atoms with van der Waals surface area (Å²) in [5.41, 5.74) is 6.16. The first-order valence-electron chi connectivity index (χ1n) is 5.67. The first kappa shape index (κ1) is 15.2. The minimum atomic E-state index is -3.21. The second-order valence-corrected chi connectivity index (χ2v) is 7.11. The van der Waals surface area contributed by atoms with Crippen molar-refractivity contribution in [3.8, 4) is 11.8 Å². The van der Waals surface area contributed by atoms with Crippen molar-refractivity contribution in [1.82, 2.24) is 4.72 Å². The standard InChI is InChI=1S/C12H18N2O2S2/c1-10(2)9-18(15,16)14-8-12-11(4-3-6-13)5-7-17-12/h5,7,10,14H,6,8-9,13H2,1-2H3. The topological polar surface area (TPSA) is 72.2 Å². The van der Waals surface area contributed by atoms with Crippen LogP contribution in [0.4, 0.5) is 0 Å². The van der Waals surface area contributed by atoms with Crippen LogP contribution in [0, 0.1) is 17.8 Å². The first-order valence-corrected chi connectivity index (χ1v) is 8.20. The Morgan fingerprint density at radius 2 is 2.22 bits per heavy atom. The van der Waals surface area contributed by atoms with Crippen molar-refractivity contribution in [3.63, 3.8) is 0 Å². The summed E-state index contributed by atoms with van der Waals surface area (Å²) in [5.74, 6) is 5.95. The van der Waals surface area contributed by atoms with E-state index in [2.05, 4.69) is 16.6 Å². The fourth-order valence-corrected chi connectivity index (χ4v) is 3.63. The third kappa shape index (κ3) is 5.19. The van der Waals surface area contributed by atoms with E-state index in [0.717, 1.165) is 10.4 Å². The van der Waals surface area contributed by atoms with E-state index in [1.54, 1.807) is 0 Å². The van der Waals surface area contributed by atoms with Crippen molar-refractivity contribution in [1.29, 1.82) is 0 Å². The molecule has 0 aliphatic carbocycles. The van der Waals surface area contributed by atoms with Gasteiger partial charge in [0.25, 0.3) is 0 Å². The number of nitrogens with two attached hydrogens (primary N) is 1. The van der Waals surface area contributed by atoms with Crippen LogP contribution in [0.25, 0.3) is 0 Å². The number of thiophene rings is 1. The van der Waals surface area contributed by atoms with Crippen LogP contribution >= 0.6 is 11.3 Å². The second-order valence-electron chi connectivity index (χ2n) is 4.26. The molecule has 0 bridgehead atoms. The van der Waals surface area contributed by atoms with Crippen molar-refractivity contribution >= 4 is 21.4 Å². The Morgan fingerprint density at radius 1 is 1.50 bits per heavy atom. The minimum absolute atomic E-state index is 0.113. The van der Waals surface area contributed by atoms with Crippen molar-refractivity contribution in [2.75, 3.05) is 12.3 Å². The molecule has 100 valence electrons. The summed E-state index contributed by atoms with van der Waals surface area (Å²) in [5, 5.41) is 1.90. The maximum atomic E-state index is 11.7. The first-order chi connectivity index (χ1) is 8.44. The van der Waals surface area contributed by atoms with E-state index >= 15 is 0 Å². The van der Waals surface area contributed by atoms with Gasteiger partial charge in [-0.15, -0.1) is 11.3 Å². The molecule has 4 nitrogen and oxygen atoms in total.